The van der Waals surface area contributed by atoms with Gasteiger partial charge in [0, 0.05) is 17.9 Å². The molecule has 0 fully saturated rings. The summed E-state index contributed by atoms with van der Waals surface area (Å²) < 4.78 is 78.6. The number of rotatable bonds is 8. The standard InChI is InChI=1S/C22H19F6N5O2S/c1-2-33-17(11-18(34)29-15-7-3-5-13(9-15)21(23,24)25)31-32-20(33)36-12-19(35)30-16-8-4-6-14(10-16)22(26,27)28/h3-10H,2,11-12H2,1H3,(H,29,34)(H,30,35). The van der Waals surface area contributed by atoms with Gasteiger partial charge in [-0.2, -0.15) is 26.3 Å². The lowest BCUT2D eigenvalue weighted by atomic mass is 10.2. The van der Waals surface area contributed by atoms with Gasteiger partial charge in [0.25, 0.3) is 0 Å². The molecule has 3 aromatic rings. The Labute approximate surface area is 205 Å². The zero-order valence-electron chi connectivity index (χ0n) is 18.6. The molecule has 2 amide bonds. The van der Waals surface area contributed by atoms with Crippen LogP contribution in [0.2, 0.25) is 0 Å². The SMILES string of the molecule is CCn1c(CC(=O)Nc2cccc(C(F)(F)F)c2)nnc1SCC(=O)Nc1cccc(C(F)(F)F)c1. The normalized spacial score (nSPS) is 11.9. The van der Waals surface area contributed by atoms with E-state index in [0.717, 1.165) is 36.0 Å². The molecule has 1 aromatic heterocycles. The molecule has 0 aliphatic carbocycles. The molecule has 0 saturated carbocycles. The van der Waals surface area contributed by atoms with E-state index in [2.05, 4.69) is 20.8 Å². The van der Waals surface area contributed by atoms with Gasteiger partial charge in [-0.25, -0.2) is 0 Å². The second kappa shape index (κ2) is 11.0. The Morgan fingerprint density at radius 3 is 1.89 bits per heavy atom. The fourth-order valence-corrected chi connectivity index (χ4v) is 3.92. The number of nitrogens with zero attached hydrogens (tertiary/aromatic N) is 3. The molecule has 192 valence electrons. The van der Waals surface area contributed by atoms with Crippen LogP contribution in [0.5, 0.6) is 0 Å². The molecule has 7 nitrogen and oxygen atoms in total. The van der Waals surface area contributed by atoms with Crippen LogP contribution in [0, 0.1) is 0 Å². The number of carbonyl (C=O) groups excluding carboxylic acids is 2. The Morgan fingerprint density at radius 1 is 0.861 bits per heavy atom. The van der Waals surface area contributed by atoms with Crippen molar-refractivity contribution < 1.29 is 35.9 Å². The molecule has 14 heteroatoms. The van der Waals surface area contributed by atoms with Gasteiger partial charge in [-0.1, -0.05) is 23.9 Å². The first-order valence-electron chi connectivity index (χ1n) is 10.4. The lowest BCUT2D eigenvalue weighted by molar-refractivity contribution is -0.138. The molecule has 0 bridgehead atoms. The molecule has 0 unspecified atom stereocenters. The van der Waals surface area contributed by atoms with E-state index in [-0.39, 0.29) is 29.4 Å². The highest BCUT2D eigenvalue weighted by Gasteiger charge is 2.31. The third-order valence-electron chi connectivity index (χ3n) is 4.71. The molecule has 36 heavy (non-hydrogen) atoms. The Hall–Kier alpha value is -3.55. The van der Waals surface area contributed by atoms with Crippen molar-refractivity contribution in [2.45, 2.75) is 37.4 Å². The summed E-state index contributed by atoms with van der Waals surface area (Å²) in [5, 5.41) is 12.9. The van der Waals surface area contributed by atoms with Crippen LogP contribution in [0.1, 0.15) is 23.9 Å². The second-order valence-corrected chi connectivity index (χ2v) is 8.30. The monoisotopic (exact) mass is 531 g/mol. The van der Waals surface area contributed by atoms with Crippen LogP contribution in [-0.2, 0) is 34.9 Å². The summed E-state index contributed by atoms with van der Waals surface area (Å²) in [4.78, 5) is 24.6. The maximum atomic E-state index is 12.9. The quantitative estimate of drug-likeness (QED) is 0.306. The summed E-state index contributed by atoms with van der Waals surface area (Å²) in [7, 11) is 0. The van der Waals surface area contributed by atoms with E-state index in [9.17, 15) is 35.9 Å². The highest BCUT2D eigenvalue weighted by atomic mass is 32.2. The van der Waals surface area contributed by atoms with Gasteiger partial charge in [0.1, 0.15) is 5.82 Å². The predicted molar refractivity (Wildman–Crippen MR) is 120 cm³/mol. The topological polar surface area (TPSA) is 88.9 Å². The van der Waals surface area contributed by atoms with Crippen molar-refractivity contribution in [1.29, 1.82) is 0 Å². The molecule has 0 radical (unpaired) electrons. The average Bonchev–Trinajstić information content (AvgIpc) is 3.18. The molecule has 1 heterocycles. The fourth-order valence-electron chi connectivity index (χ4n) is 3.10. The minimum absolute atomic E-state index is 0.0145. The van der Waals surface area contributed by atoms with Gasteiger partial charge in [-0.3, -0.25) is 9.59 Å². The Balaban J connectivity index is 1.60. The van der Waals surface area contributed by atoms with Crippen LogP contribution in [0.4, 0.5) is 37.7 Å². The van der Waals surface area contributed by atoms with Gasteiger partial charge >= 0.3 is 12.4 Å². The summed E-state index contributed by atoms with van der Waals surface area (Å²) in [6, 6.07) is 8.40. The maximum absolute atomic E-state index is 12.9. The first kappa shape index (κ1) is 27.0. The number of amides is 2. The number of benzene rings is 2. The van der Waals surface area contributed by atoms with Crippen LogP contribution in [0.25, 0.3) is 0 Å². The first-order valence-corrected chi connectivity index (χ1v) is 11.3. The molecule has 0 spiro atoms. The zero-order valence-corrected chi connectivity index (χ0v) is 19.4. The van der Waals surface area contributed by atoms with Crippen molar-refractivity contribution in [3.8, 4) is 0 Å². The molecule has 0 saturated heterocycles. The van der Waals surface area contributed by atoms with E-state index in [1.165, 1.54) is 24.3 Å². The molecule has 0 aliphatic heterocycles. The Bertz CT molecular complexity index is 1240. The summed E-state index contributed by atoms with van der Waals surface area (Å²) in [5.41, 5.74) is -1.84. The number of aromatic nitrogens is 3. The molecule has 2 aromatic carbocycles. The Kier molecular flexibility index (Phi) is 8.28. The van der Waals surface area contributed by atoms with Gasteiger partial charge in [0.05, 0.1) is 23.3 Å². The smallest absolute Gasteiger partial charge is 0.326 e. The zero-order chi connectivity index (χ0) is 26.5. The Morgan fingerprint density at radius 2 is 1.39 bits per heavy atom. The number of halogens is 6. The summed E-state index contributed by atoms with van der Waals surface area (Å²) in [6.07, 6.45) is -9.38. The van der Waals surface area contributed by atoms with Gasteiger partial charge in [0.15, 0.2) is 5.16 Å². The van der Waals surface area contributed by atoms with Crippen molar-refractivity contribution in [2.24, 2.45) is 0 Å². The van der Waals surface area contributed by atoms with Crippen molar-refractivity contribution in [1.82, 2.24) is 14.8 Å². The van der Waals surface area contributed by atoms with Gasteiger partial charge < -0.3 is 15.2 Å². The third-order valence-corrected chi connectivity index (χ3v) is 5.67. The minimum Gasteiger partial charge on any atom is -0.326 e. The molecule has 0 atom stereocenters. The van der Waals surface area contributed by atoms with Crippen LogP contribution < -0.4 is 10.6 Å². The fraction of sp³-hybridized carbons (Fsp3) is 0.273. The third kappa shape index (κ3) is 7.23. The number of nitrogens with one attached hydrogen (secondary N) is 2. The number of hydrogen-bond donors (Lipinski definition) is 2. The van der Waals surface area contributed by atoms with Gasteiger partial charge in [0.2, 0.25) is 11.8 Å². The minimum atomic E-state index is -4.55. The van der Waals surface area contributed by atoms with E-state index in [1.807, 2.05) is 0 Å². The molecular weight excluding hydrogens is 512 g/mol. The summed E-state index contributed by atoms with van der Waals surface area (Å²) in [6.45, 7) is 2.07. The van der Waals surface area contributed by atoms with E-state index in [4.69, 9.17) is 0 Å². The highest BCUT2D eigenvalue weighted by Crippen LogP contribution is 2.31. The van der Waals surface area contributed by atoms with E-state index < -0.39 is 35.3 Å². The average molecular weight is 531 g/mol. The number of alkyl halides is 6. The number of carbonyl (C=O) groups is 2. The second-order valence-electron chi connectivity index (χ2n) is 7.36. The summed E-state index contributed by atoms with van der Waals surface area (Å²) in [5.74, 6) is -1.16. The maximum Gasteiger partial charge on any atom is 0.416 e. The molecular formula is C22H19F6N5O2S. The highest BCUT2D eigenvalue weighted by molar-refractivity contribution is 7.99. The molecule has 0 aliphatic rings. The number of hydrogen-bond acceptors (Lipinski definition) is 5. The predicted octanol–water partition coefficient (Wildman–Crippen LogP) is 5.25. The van der Waals surface area contributed by atoms with Crippen LogP contribution >= 0.6 is 11.8 Å². The van der Waals surface area contributed by atoms with Crippen molar-refractivity contribution >= 4 is 35.0 Å². The lowest BCUT2D eigenvalue weighted by Crippen LogP contribution is -2.18. The van der Waals surface area contributed by atoms with Crippen LogP contribution in [0.3, 0.4) is 0 Å². The molecule has 3 rings (SSSR count). The van der Waals surface area contributed by atoms with E-state index in [1.54, 1.807) is 11.5 Å². The largest absolute Gasteiger partial charge is 0.416 e. The van der Waals surface area contributed by atoms with Gasteiger partial charge in [-0.15, -0.1) is 10.2 Å². The number of thioether (sulfide) groups is 1. The molecule has 2 N–H and O–H groups in total. The first-order chi connectivity index (χ1) is 16.9. The lowest BCUT2D eigenvalue weighted by Gasteiger charge is -2.11. The van der Waals surface area contributed by atoms with Crippen LogP contribution in [-0.4, -0.2) is 32.3 Å². The van der Waals surface area contributed by atoms with Crippen LogP contribution in [0.15, 0.2) is 53.7 Å². The van der Waals surface area contributed by atoms with Crippen molar-refractivity contribution in [3.05, 3.63) is 65.5 Å². The van der Waals surface area contributed by atoms with Crippen molar-refractivity contribution in [2.75, 3.05) is 16.4 Å². The number of anilines is 2. The van der Waals surface area contributed by atoms with E-state index in [0.29, 0.717) is 11.7 Å². The van der Waals surface area contributed by atoms with Gasteiger partial charge in [-0.05, 0) is 43.3 Å². The van der Waals surface area contributed by atoms with E-state index >= 15 is 0 Å². The van der Waals surface area contributed by atoms with Crippen molar-refractivity contribution in [3.63, 3.8) is 0 Å². The summed E-state index contributed by atoms with van der Waals surface area (Å²) >= 11 is 0.964.